The standard InChI is InChI=1S/C16H14.C13H13.3C2H6N.Ti/c1-3-9-15(10-4-1)13-7-8-14-16-11-5-2-6-12-16;1-3-7-12-10(5-1)9-11-6-2-4-8-13(11)12;3*1-3-2;/h1-14H;1,3-5,7-9,11,13H,2,6H2;3*1-2H3;/q;4*-1;+4. The van der Waals surface area contributed by atoms with E-state index in [9.17, 15) is 0 Å². The maximum absolute atomic E-state index is 3.50. The molecule has 3 nitrogen and oxygen atoms in total. The van der Waals surface area contributed by atoms with Gasteiger partial charge < -0.3 is 16.0 Å². The first-order valence-corrected chi connectivity index (χ1v) is 13.1. The quantitative estimate of drug-likeness (QED) is 0.134. The minimum Gasteiger partial charge on any atom is -0.668 e. The number of benzene rings is 3. The molecule has 0 bridgehead atoms. The number of nitrogens with zero attached hydrogens (tertiary/aromatic N) is 3. The normalized spacial score (nSPS) is 15.7. The summed E-state index contributed by atoms with van der Waals surface area (Å²) in [6.07, 6.45) is 18.1. The molecule has 2 aliphatic carbocycles. The molecular weight excluding hydrogens is 510 g/mol. The Morgan fingerprint density at radius 2 is 1.08 bits per heavy atom. The van der Waals surface area contributed by atoms with E-state index in [1.165, 1.54) is 35.1 Å². The summed E-state index contributed by atoms with van der Waals surface area (Å²) in [6.45, 7) is 0. The molecule has 0 heterocycles. The zero-order valence-electron chi connectivity index (χ0n) is 24.5. The molecule has 39 heavy (non-hydrogen) atoms. The van der Waals surface area contributed by atoms with Crippen molar-refractivity contribution in [3.05, 3.63) is 154 Å². The largest absolute Gasteiger partial charge is 4.00 e. The molecule has 3 aromatic rings. The van der Waals surface area contributed by atoms with E-state index in [0.717, 1.165) is 5.92 Å². The number of allylic oxidation sites excluding steroid dienone is 4. The van der Waals surface area contributed by atoms with E-state index >= 15 is 0 Å². The van der Waals surface area contributed by atoms with Crippen molar-refractivity contribution in [3.8, 4) is 0 Å². The second kappa shape index (κ2) is 24.4. The van der Waals surface area contributed by atoms with Gasteiger partial charge in [-0.3, -0.25) is 0 Å². The zero-order valence-corrected chi connectivity index (χ0v) is 26.1. The maximum atomic E-state index is 3.50. The van der Waals surface area contributed by atoms with Gasteiger partial charge in [0.2, 0.25) is 0 Å². The first kappa shape index (κ1) is 36.3. The first-order valence-electron chi connectivity index (χ1n) is 13.1. The van der Waals surface area contributed by atoms with Crippen LogP contribution in [-0.2, 0) is 21.7 Å². The minimum atomic E-state index is 0. The van der Waals surface area contributed by atoms with Gasteiger partial charge in [0, 0.05) is 0 Å². The summed E-state index contributed by atoms with van der Waals surface area (Å²) in [5, 5.41) is 10.5. The van der Waals surface area contributed by atoms with Gasteiger partial charge in [-0.25, -0.2) is 0 Å². The third-order valence-electron chi connectivity index (χ3n) is 5.51. The average Bonchev–Trinajstić information content (AvgIpc) is 3.33. The number of hydrogen-bond donors (Lipinski definition) is 0. The van der Waals surface area contributed by atoms with E-state index in [1.807, 2.05) is 36.4 Å². The molecule has 5 rings (SSSR count). The van der Waals surface area contributed by atoms with Crippen molar-refractivity contribution in [2.24, 2.45) is 5.92 Å². The number of rotatable bonds is 3. The van der Waals surface area contributed by atoms with Gasteiger partial charge in [-0.1, -0.05) is 116 Å². The van der Waals surface area contributed by atoms with Crippen LogP contribution in [0.5, 0.6) is 0 Å². The van der Waals surface area contributed by atoms with Crippen molar-refractivity contribution in [2.75, 3.05) is 42.3 Å². The van der Waals surface area contributed by atoms with E-state index in [4.69, 9.17) is 0 Å². The van der Waals surface area contributed by atoms with E-state index in [1.54, 1.807) is 42.3 Å². The molecule has 204 valence electrons. The summed E-state index contributed by atoms with van der Waals surface area (Å²) < 4.78 is 0. The van der Waals surface area contributed by atoms with Gasteiger partial charge >= 0.3 is 21.7 Å². The van der Waals surface area contributed by atoms with Crippen LogP contribution >= 0.6 is 0 Å². The van der Waals surface area contributed by atoms with Gasteiger partial charge in [-0.05, 0) is 23.5 Å². The average molecular weight is 556 g/mol. The van der Waals surface area contributed by atoms with Crippen molar-refractivity contribution in [3.63, 3.8) is 0 Å². The topological polar surface area (TPSA) is 42.3 Å². The Bertz CT molecular complexity index is 993. The van der Waals surface area contributed by atoms with Gasteiger partial charge in [0.15, 0.2) is 0 Å². The molecule has 0 aromatic heterocycles. The molecule has 4 heteroatoms. The fourth-order valence-corrected chi connectivity index (χ4v) is 4.03. The Balaban J connectivity index is 0.000000563. The van der Waals surface area contributed by atoms with Crippen molar-refractivity contribution < 1.29 is 21.7 Å². The molecule has 0 aliphatic heterocycles. The van der Waals surface area contributed by atoms with Crippen LogP contribution in [0.4, 0.5) is 0 Å². The number of fused-ring (bicyclic) bond motifs is 3. The minimum absolute atomic E-state index is 0. The van der Waals surface area contributed by atoms with Crippen LogP contribution in [0.3, 0.4) is 0 Å². The Morgan fingerprint density at radius 1 is 0.641 bits per heavy atom. The molecule has 2 aliphatic rings. The van der Waals surface area contributed by atoms with E-state index in [2.05, 4.69) is 107 Å². The monoisotopic (exact) mass is 555 g/mol. The summed E-state index contributed by atoms with van der Waals surface area (Å²) in [4.78, 5) is 0. The summed E-state index contributed by atoms with van der Waals surface area (Å²) in [7, 11) is 10.5. The van der Waals surface area contributed by atoms with Gasteiger partial charge in [-0.15, -0.1) is 17.7 Å². The molecule has 2 unspecified atom stereocenters. The predicted molar refractivity (Wildman–Crippen MR) is 171 cm³/mol. The van der Waals surface area contributed by atoms with Gasteiger partial charge in [0.05, 0.1) is 0 Å². The Morgan fingerprint density at radius 3 is 1.56 bits per heavy atom. The molecule has 2 atom stereocenters. The van der Waals surface area contributed by atoms with Crippen molar-refractivity contribution >= 4 is 12.2 Å². The van der Waals surface area contributed by atoms with Crippen LogP contribution in [0.1, 0.15) is 41.0 Å². The van der Waals surface area contributed by atoms with E-state index < -0.39 is 0 Å². The first-order chi connectivity index (χ1) is 18.6. The third kappa shape index (κ3) is 15.5. The van der Waals surface area contributed by atoms with Crippen LogP contribution < -0.4 is 0 Å². The smallest absolute Gasteiger partial charge is 0.668 e. The van der Waals surface area contributed by atoms with Crippen LogP contribution in [0, 0.1) is 12.3 Å². The summed E-state index contributed by atoms with van der Waals surface area (Å²) in [5.41, 5.74) is 5.44. The van der Waals surface area contributed by atoms with Gasteiger partial charge in [0.1, 0.15) is 0 Å². The second-order valence-electron chi connectivity index (χ2n) is 8.87. The fraction of sp³-hybridized carbons (Fsp3) is 0.286. The molecule has 0 N–H and O–H groups in total. The summed E-state index contributed by atoms with van der Waals surface area (Å²) in [5.74, 6) is 1.47. The van der Waals surface area contributed by atoms with Gasteiger partial charge in [-0.2, -0.15) is 60.3 Å². The molecule has 0 radical (unpaired) electrons. The SMILES string of the molecule is C(C=Cc1ccccc1)=Cc1ccccc1.C1=CC2c3ccccc3[CH-]C2CC1.C[N-]C.C[N-]C.C[N-]C.[Ti+4]. The van der Waals surface area contributed by atoms with Crippen LogP contribution in [0.15, 0.2) is 109 Å². The van der Waals surface area contributed by atoms with Crippen LogP contribution in [-0.4, -0.2) is 42.3 Å². The third-order valence-corrected chi connectivity index (χ3v) is 5.51. The zero-order chi connectivity index (χ0) is 27.8. The molecule has 0 amide bonds. The molecule has 0 saturated carbocycles. The van der Waals surface area contributed by atoms with Gasteiger partial charge in [0.25, 0.3) is 0 Å². The summed E-state index contributed by atoms with van der Waals surface area (Å²) >= 11 is 0. The second-order valence-corrected chi connectivity index (χ2v) is 8.87. The molecular formula is C35H45N3Ti. The van der Waals surface area contributed by atoms with Crippen molar-refractivity contribution in [1.82, 2.24) is 0 Å². The maximum Gasteiger partial charge on any atom is 4.00 e. The van der Waals surface area contributed by atoms with Crippen molar-refractivity contribution in [1.29, 1.82) is 0 Å². The Labute approximate surface area is 253 Å². The van der Waals surface area contributed by atoms with Crippen LogP contribution in [0.25, 0.3) is 28.1 Å². The van der Waals surface area contributed by atoms with E-state index in [0.29, 0.717) is 5.92 Å². The molecule has 0 fully saturated rings. The summed E-state index contributed by atoms with van der Waals surface area (Å²) in [6, 6.07) is 29.4. The predicted octanol–water partition coefficient (Wildman–Crippen LogP) is 9.57. The van der Waals surface area contributed by atoms with E-state index in [-0.39, 0.29) is 21.7 Å². The van der Waals surface area contributed by atoms with Crippen LogP contribution in [0.2, 0.25) is 0 Å². The number of hydrogen-bond acceptors (Lipinski definition) is 0. The molecule has 3 aromatic carbocycles. The Kier molecular flexibility index (Phi) is 22.7. The molecule has 0 spiro atoms. The Hall–Kier alpha value is -2.66. The fourth-order valence-electron chi connectivity index (χ4n) is 4.03. The van der Waals surface area contributed by atoms with Crippen molar-refractivity contribution in [2.45, 2.75) is 18.8 Å². The molecule has 0 saturated heterocycles.